The molecule has 0 aliphatic heterocycles. The summed E-state index contributed by atoms with van der Waals surface area (Å²) < 4.78 is 4.91. The number of methoxy groups -OCH3 is 1. The van der Waals surface area contributed by atoms with Gasteiger partial charge in [-0.25, -0.2) is 0 Å². The summed E-state index contributed by atoms with van der Waals surface area (Å²) in [6, 6.07) is 7.27. The third-order valence-electron chi connectivity index (χ3n) is 2.53. The molecule has 88 valence electrons. The normalized spacial score (nSPS) is 14.9. The average Bonchev–Trinajstić information content (AvgIpc) is 2.32. The number of hydrogen-bond donors (Lipinski definition) is 1. The molecule has 1 aromatic carbocycles. The number of anilines is 1. The second-order valence-electron chi connectivity index (χ2n) is 3.87. The Morgan fingerprint density at radius 1 is 1.06 bits per heavy atom. The number of carbonyl (C=O) groups is 1. The van der Waals surface area contributed by atoms with E-state index in [1.807, 2.05) is 12.1 Å². The number of benzene rings is 1. The molecule has 1 aromatic rings. The third kappa shape index (κ3) is 4.82. The first-order chi connectivity index (χ1) is 7.72. The van der Waals surface area contributed by atoms with Gasteiger partial charge in [-0.15, -0.1) is 0 Å². The molecule has 0 amide bonds. The number of ketones is 1. The maximum atomic E-state index is 10.5. The number of carbonyl (C=O) groups excluding carboxylic acids is 1. The Hall–Kier alpha value is -1.51. The number of Topliss-reactive ketones (excluding diaryl/α,β-unsaturated/α-hetero) is 1. The summed E-state index contributed by atoms with van der Waals surface area (Å²) in [5.41, 5.74) is 6.19. The minimum atomic E-state index is 0.464. The molecular weight excluding hydrogens is 202 g/mol. The van der Waals surface area contributed by atoms with Gasteiger partial charge in [-0.2, -0.15) is 0 Å². The first-order valence-corrected chi connectivity index (χ1v) is 5.63. The third-order valence-corrected chi connectivity index (χ3v) is 2.53. The Labute approximate surface area is 96.6 Å². The molecule has 1 aliphatic carbocycles. The number of hydrogen-bond acceptors (Lipinski definition) is 3. The zero-order chi connectivity index (χ0) is 11.8. The van der Waals surface area contributed by atoms with Crippen molar-refractivity contribution >= 4 is 11.5 Å². The number of nitrogens with two attached hydrogens (primary N) is 1. The van der Waals surface area contributed by atoms with Gasteiger partial charge < -0.3 is 10.5 Å². The molecule has 0 heterocycles. The fourth-order valence-corrected chi connectivity index (χ4v) is 1.55. The lowest BCUT2D eigenvalue weighted by molar-refractivity contribution is -0.120. The van der Waals surface area contributed by atoms with E-state index in [1.54, 1.807) is 19.2 Å². The van der Waals surface area contributed by atoms with Crippen LogP contribution in [0.2, 0.25) is 0 Å². The van der Waals surface area contributed by atoms with E-state index in [0.29, 0.717) is 5.78 Å². The lowest BCUT2D eigenvalue weighted by Crippen LogP contribution is -2.02. The van der Waals surface area contributed by atoms with E-state index < -0.39 is 0 Å². The van der Waals surface area contributed by atoms with E-state index in [4.69, 9.17) is 10.5 Å². The molecule has 0 unspecified atom stereocenters. The topological polar surface area (TPSA) is 52.3 Å². The SMILES string of the molecule is COc1ccc(N)cc1.O=C1CCCCC1. The van der Waals surface area contributed by atoms with Crippen molar-refractivity contribution in [3.63, 3.8) is 0 Å². The van der Waals surface area contributed by atoms with Gasteiger partial charge in [0.25, 0.3) is 0 Å². The Morgan fingerprint density at radius 3 is 2.00 bits per heavy atom. The van der Waals surface area contributed by atoms with E-state index in [9.17, 15) is 4.79 Å². The van der Waals surface area contributed by atoms with Crippen molar-refractivity contribution in [2.75, 3.05) is 12.8 Å². The molecule has 0 bridgehead atoms. The van der Waals surface area contributed by atoms with Crippen molar-refractivity contribution in [2.24, 2.45) is 0 Å². The van der Waals surface area contributed by atoms with Crippen molar-refractivity contribution in [3.8, 4) is 5.75 Å². The van der Waals surface area contributed by atoms with Crippen LogP contribution in [0.3, 0.4) is 0 Å². The fraction of sp³-hybridized carbons (Fsp3) is 0.462. The van der Waals surface area contributed by atoms with Gasteiger partial charge in [-0.3, -0.25) is 4.79 Å². The van der Waals surface area contributed by atoms with Crippen LogP contribution in [0.5, 0.6) is 5.75 Å². The highest BCUT2D eigenvalue weighted by Gasteiger charge is 2.05. The Kier molecular flexibility index (Phi) is 5.40. The summed E-state index contributed by atoms with van der Waals surface area (Å²) in [5, 5.41) is 0. The predicted molar refractivity (Wildman–Crippen MR) is 65.5 cm³/mol. The molecule has 0 saturated heterocycles. The molecule has 2 rings (SSSR count). The molecule has 3 nitrogen and oxygen atoms in total. The van der Waals surface area contributed by atoms with Crippen LogP contribution in [-0.4, -0.2) is 12.9 Å². The highest BCUT2D eigenvalue weighted by atomic mass is 16.5. The van der Waals surface area contributed by atoms with Crippen LogP contribution in [0.15, 0.2) is 24.3 Å². The highest BCUT2D eigenvalue weighted by Crippen LogP contribution is 2.12. The van der Waals surface area contributed by atoms with Crippen molar-refractivity contribution in [1.82, 2.24) is 0 Å². The van der Waals surface area contributed by atoms with Crippen molar-refractivity contribution in [1.29, 1.82) is 0 Å². The van der Waals surface area contributed by atoms with Gasteiger partial charge in [0, 0.05) is 18.5 Å². The van der Waals surface area contributed by atoms with E-state index in [0.717, 1.165) is 37.1 Å². The van der Waals surface area contributed by atoms with Crippen LogP contribution in [0.1, 0.15) is 32.1 Å². The highest BCUT2D eigenvalue weighted by molar-refractivity contribution is 5.78. The summed E-state index contributed by atoms with van der Waals surface area (Å²) in [4.78, 5) is 10.5. The van der Waals surface area contributed by atoms with Crippen LogP contribution in [0, 0.1) is 0 Å². The molecular formula is C13H19NO2. The van der Waals surface area contributed by atoms with Gasteiger partial charge in [0.15, 0.2) is 0 Å². The van der Waals surface area contributed by atoms with E-state index in [2.05, 4.69) is 0 Å². The van der Waals surface area contributed by atoms with Crippen LogP contribution in [0.4, 0.5) is 5.69 Å². The number of nitrogen functional groups attached to an aromatic ring is 1. The maximum absolute atomic E-state index is 10.5. The Balaban J connectivity index is 0.000000165. The lowest BCUT2D eigenvalue weighted by atomic mass is 10.00. The van der Waals surface area contributed by atoms with Gasteiger partial charge in [0.2, 0.25) is 0 Å². The summed E-state index contributed by atoms with van der Waals surface area (Å²) >= 11 is 0. The van der Waals surface area contributed by atoms with Crippen LogP contribution in [0.25, 0.3) is 0 Å². The minimum absolute atomic E-state index is 0.464. The fourth-order valence-electron chi connectivity index (χ4n) is 1.55. The summed E-state index contributed by atoms with van der Waals surface area (Å²) in [5.74, 6) is 1.30. The molecule has 3 heteroatoms. The molecule has 1 aliphatic rings. The first kappa shape index (κ1) is 12.6. The average molecular weight is 221 g/mol. The molecule has 0 spiro atoms. The standard InChI is InChI=1S/C7H9NO.C6H10O/c1-9-7-4-2-6(8)3-5-7;7-6-4-2-1-3-5-6/h2-5H,8H2,1H3;1-5H2. The maximum Gasteiger partial charge on any atom is 0.132 e. The molecule has 1 fully saturated rings. The first-order valence-electron chi connectivity index (χ1n) is 5.63. The summed E-state index contributed by atoms with van der Waals surface area (Å²) in [6.45, 7) is 0. The van der Waals surface area contributed by atoms with Gasteiger partial charge in [0.1, 0.15) is 11.5 Å². The van der Waals surface area contributed by atoms with Crippen LogP contribution >= 0.6 is 0 Å². The van der Waals surface area contributed by atoms with Crippen LogP contribution in [-0.2, 0) is 4.79 Å². The molecule has 1 saturated carbocycles. The lowest BCUT2D eigenvalue weighted by Gasteiger charge is -2.05. The molecule has 2 N–H and O–H groups in total. The second-order valence-corrected chi connectivity index (χ2v) is 3.87. The number of rotatable bonds is 1. The minimum Gasteiger partial charge on any atom is -0.497 e. The monoisotopic (exact) mass is 221 g/mol. The Morgan fingerprint density at radius 2 is 1.62 bits per heavy atom. The van der Waals surface area contributed by atoms with E-state index in [1.165, 1.54) is 6.42 Å². The van der Waals surface area contributed by atoms with E-state index in [-0.39, 0.29) is 0 Å². The smallest absolute Gasteiger partial charge is 0.132 e. The van der Waals surface area contributed by atoms with Gasteiger partial charge >= 0.3 is 0 Å². The van der Waals surface area contributed by atoms with Crippen molar-refractivity contribution in [3.05, 3.63) is 24.3 Å². The van der Waals surface area contributed by atoms with Gasteiger partial charge in [0.05, 0.1) is 7.11 Å². The Bertz CT molecular complexity index is 311. The predicted octanol–water partition coefficient (Wildman–Crippen LogP) is 2.80. The van der Waals surface area contributed by atoms with Crippen molar-refractivity contribution < 1.29 is 9.53 Å². The molecule has 0 atom stereocenters. The van der Waals surface area contributed by atoms with Crippen LogP contribution < -0.4 is 10.5 Å². The van der Waals surface area contributed by atoms with Gasteiger partial charge in [-0.05, 0) is 37.1 Å². The molecule has 0 aromatic heterocycles. The zero-order valence-corrected chi connectivity index (χ0v) is 9.74. The second kappa shape index (κ2) is 6.88. The largest absolute Gasteiger partial charge is 0.497 e. The van der Waals surface area contributed by atoms with E-state index >= 15 is 0 Å². The number of ether oxygens (including phenoxy) is 1. The zero-order valence-electron chi connectivity index (χ0n) is 9.74. The van der Waals surface area contributed by atoms with Crippen molar-refractivity contribution in [2.45, 2.75) is 32.1 Å². The summed E-state index contributed by atoms with van der Waals surface area (Å²) in [6.07, 6.45) is 5.24. The quantitative estimate of drug-likeness (QED) is 0.742. The molecule has 16 heavy (non-hydrogen) atoms. The molecule has 0 radical (unpaired) electrons. The summed E-state index contributed by atoms with van der Waals surface area (Å²) in [7, 11) is 1.63. The van der Waals surface area contributed by atoms with Gasteiger partial charge in [-0.1, -0.05) is 6.42 Å².